The highest BCUT2D eigenvalue weighted by molar-refractivity contribution is 5.05. The highest BCUT2D eigenvalue weighted by Gasteiger charge is 2.56. The van der Waals surface area contributed by atoms with Crippen LogP contribution in [-0.4, -0.2) is 11.7 Å². The highest BCUT2D eigenvalue weighted by atomic mass is 16.6. The van der Waals surface area contributed by atoms with Gasteiger partial charge < -0.3 is 4.74 Å². The number of ether oxygens (including phenoxy) is 1. The van der Waals surface area contributed by atoms with Gasteiger partial charge in [0, 0.05) is 0 Å². The molecule has 2 fully saturated rings. The van der Waals surface area contributed by atoms with Gasteiger partial charge in [0.2, 0.25) is 0 Å². The first kappa shape index (κ1) is 10.2. The molecular weight excluding hydrogens is 172 g/mol. The van der Waals surface area contributed by atoms with E-state index in [0.29, 0.717) is 6.10 Å². The van der Waals surface area contributed by atoms with Crippen LogP contribution in [0.4, 0.5) is 0 Å². The van der Waals surface area contributed by atoms with Gasteiger partial charge in [-0.3, -0.25) is 0 Å². The average molecular weight is 194 g/mol. The molecule has 1 aliphatic heterocycles. The molecule has 1 aliphatic carbocycles. The lowest BCUT2D eigenvalue weighted by Crippen LogP contribution is -2.28. The molecule has 2 aliphatic rings. The Labute approximate surface area is 87.5 Å². The van der Waals surface area contributed by atoms with E-state index in [2.05, 4.69) is 27.4 Å². The maximum absolute atomic E-state index is 5.75. The van der Waals surface area contributed by atoms with Gasteiger partial charge in [-0.25, -0.2) is 0 Å². The molecule has 1 heteroatoms. The van der Waals surface area contributed by atoms with Crippen LogP contribution in [0, 0.1) is 11.8 Å². The van der Waals surface area contributed by atoms with E-state index in [1.165, 1.54) is 31.3 Å². The molecule has 4 atom stereocenters. The van der Waals surface area contributed by atoms with Gasteiger partial charge in [0.15, 0.2) is 0 Å². The maximum Gasteiger partial charge on any atom is 0.0923 e. The molecule has 0 radical (unpaired) electrons. The summed E-state index contributed by atoms with van der Waals surface area (Å²) in [6.45, 7) is 10.8. The fraction of sp³-hybridized carbons (Fsp3) is 0.846. The summed E-state index contributed by atoms with van der Waals surface area (Å²) in [6.07, 6.45) is 5.63. The van der Waals surface area contributed by atoms with Crippen LogP contribution in [-0.2, 0) is 4.74 Å². The molecule has 1 heterocycles. The molecule has 2 rings (SSSR count). The third kappa shape index (κ3) is 1.88. The number of hydrogen-bond donors (Lipinski definition) is 0. The van der Waals surface area contributed by atoms with Gasteiger partial charge >= 0.3 is 0 Å². The average Bonchev–Trinajstić information content (AvgIpc) is 2.70. The third-order valence-electron chi connectivity index (χ3n) is 4.03. The zero-order valence-electron chi connectivity index (χ0n) is 9.68. The summed E-state index contributed by atoms with van der Waals surface area (Å²) in [5.41, 5.74) is 1.58. The predicted octanol–water partition coefficient (Wildman–Crippen LogP) is 3.55. The monoisotopic (exact) mass is 194 g/mol. The molecule has 0 aromatic heterocycles. The quantitative estimate of drug-likeness (QED) is 0.494. The van der Waals surface area contributed by atoms with Crippen molar-refractivity contribution in [2.24, 2.45) is 11.8 Å². The van der Waals surface area contributed by atoms with Crippen molar-refractivity contribution in [2.45, 2.75) is 58.2 Å². The first-order chi connectivity index (χ1) is 6.51. The summed E-state index contributed by atoms with van der Waals surface area (Å²) in [4.78, 5) is 0. The number of fused-ring (bicyclic) bond motifs is 1. The Morgan fingerprint density at radius 3 is 2.93 bits per heavy atom. The predicted molar refractivity (Wildman–Crippen MR) is 59.2 cm³/mol. The Bertz CT molecular complexity index is 246. The smallest absolute Gasteiger partial charge is 0.0923 e. The second kappa shape index (κ2) is 3.37. The zero-order chi connectivity index (χ0) is 10.3. The van der Waals surface area contributed by atoms with Gasteiger partial charge in [0.25, 0.3) is 0 Å². The summed E-state index contributed by atoms with van der Waals surface area (Å²) < 4.78 is 5.75. The van der Waals surface area contributed by atoms with E-state index in [-0.39, 0.29) is 5.60 Å². The van der Waals surface area contributed by atoms with Crippen LogP contribution in [0.5, 0.6) is 0 Å². The third-order valence-corrected chi connectivity index (χ3v) is 4.03. The van der Waals surface area contributed by atoms with Crippen molar-refractivity contribution in [3.8, 4) is 0 Å². The molecule has 0 N–H and O–H groups in total. The van der Waals surface area contributed by atoms with Gasteiger partial charge in [0.1, 0.15) is 0 Å². The lowest BCUT2D eigenvalue weighted by Gasteiger charge is -2.29. The van der Waals surface area contributed by atoms with Crippen molar-refractivity contribution < 1.29 is 4.74 Å². The first-order valence-electron chi connectivity index (χ1n) is 5.83. The Morgan fingerprint density at radius 1 is 1.57 bits per heavy atom. The van der Waals surface area contributed by atoms with Crippen LogP contribution in [0.15, 0.2) is 12.2 Å². The van der Waals surface area contributed by atoms with E-state index in [1.54, 1.807) is 0 Å². The fourth-order valence-corrected chi connectivity index (χ4v) is 2.92. The summed E-state index contributed by atoms with van der Waals surface area (Å²) in [5.74, 6) is 1.70. The van der Waals surface area contributed by atoms with Gasteiger partial charge in [0.05, 0.1) is 11.7 Å². The Kier molecular flexibility index (Phi) is 2.46. The summed E-state index contributed by atoms with van der Waals surface area (Å²) >= 11 is 0. The lowest BCUT2D eigenvalue weighted by atomic mass is 9.73. The molecule has 1 saturated heterocycles. The molecule has 0 bridgehead atoms. The van der Waals surface area contributed by atoms with E-state index in [0.717, 1.165) is 11.8 Å². The van der Waals surface area contributed by atoms with Crippen LogP contribution < -0.4 is 0 Å². The normalized spacial score (nSPS) is 45.8. The molecule has 1 saturated carbocycles. The summed E-state index contributed by atoms with van der Waals surface area (Å²) in [5, 5.41) is 0. The standard InChI is InChI=1S/C13H22O/c1-9(2)5-6-11-7-12-13(4,14-12)8-10(11)3/h10-12H,1,5-8H2,2-4H3. The van der Waals surface area contributed by atoms with Crippen molar-refractivity contribution >= 4 is 0 Å². The van der Waals surface area contributed by atoms with Crippen LogP contribution in [0.3, 0.4) is 0 Å². The van der Waals surface area contributed by atoms with Crippen molar-refractivity contribution in [3.05, 3.63) is 12.2 Å². The number of allylic oxidation sites excluding steroid dienone is 1. The van der Waals surface area contributed by atoms with Crippen molar-refractivity contribution in [2.75, 3.05) is 0 Å². The number of epoxide rings is 1. The second-order valence-electron chi connectivity index (χ2n) is 5.59. The first-order valence-corrected chi connectivity index (χ1v) is 5.83. The maximum atomic E-state index is 5.75. The highest BCUT2D eigenvalue weighted by Crippen LogP contribution is 2.52. The Balaban J connectivity index is 1.85. The molecular formula is C13H22O. The number of rotatable bonds is 3. The minimum absolute atomic E-state index is 0.263. The fourth-order valence-electron chi connectivity index (χ4n) is 2.92. The van der Waals surface area contributed by atoms with Crippen LogP contribution in [0.25, 0.3) is 0 Å². The second-order valence-corrected chi connectivity index (χ2v) is 5.59. The SMILES string of the molecule is C=C(C)CCC1CC2OC2(C)CC1C. The van der Waals surface area contributed by atoms with E-state index in [4.69, 9.17) is 4.74 Å². The van der Waals surface area contributed by atoms with E-state index in [1.807, 2.05) is 0 Å². The van der Waals surface area contributed by atoms with E-state index in [9.17, 15) is 0 Å². The molecule has 0 aromatic carbocycles. The molecule has 14 heavy (non-hydrogen) atoms. The van der Waals surface area contributed by atoms with Crippen LogP contribution in [0.2, 0.25) is 0 Å². The molecule has 0 spiro atoms. The van der Waals surface area contributed by atoms with Crippen LogP contribution >= 0.6 is 0 Å². The molecule has 1 nitrogen and oxygen atoms in total. The van der Waals surface area contributed by atoms with Crippen molar-refractivity contribution in [1.82, 2.24) is 0 Å². The van der Waals surface area contributed by atoms with Crippen molar-refractivity contribution in [1.29, 1.82) is 0 Å². The molecule has 0 aromatic rings. The number of hydrogen-bond acceptors (Lipinski definition) is 1. The summed E-state index contributed by atoms with van der Waals surface area (Å²) in [6, 6.07) is 0. The topological polar surface area (TPSA) is 12.5 Å². The van der Waals surface area contributed by atoms with E-state index >= 15 is 0 Å². The molecule has 80 valence electrons. The Hall–Kier alpha value is -0.300. The molecule has 0 amide bonds. The van der Waals surface area contributed by atoms with Gasteiger partial charge in [-0.1, -0.05) is 12.5 Å². The minimum Gasteiger partial charge on any atom is -0.366 e. The zero-order valence-corrected chi connectivity index (χ0v) is 9.68. The lowest BCUT2D eigenvalue weighted by molar-refractivity contribution is 0.230. The molecule has 4 unspecified atom stereocenters. The largest absolute Gasteiger partial charge is 0.366 e. The van der Waals surface area contributed by atoms with Crippen molar-refractivity contribution in [3.63, 3.8) is 0 Å². The van der Waals surface area contributed by atoms with Crippen LogP contribution in [0.1, 0.15) is 46.5 Å². The van der Waals surface area contributed by atoms with Gasteiger partial charge in [-0.15, -0.1) is 6.58 Å². The van der Waals surface area contributed by atoms with Gasteiger partial charge in [-0.2, -0.15) is 0 Å². The minimum atomic E-state index is 0.263. The van der Waals surface area contributed by atoms with E-state index < -0.39 is 0 Å². The Morgan fingerprint density at radius 2 is 2.29 bits per heavy atom. The summed E-state index contributed by atoms with van der Waals surface area (Å²) in [7, 11) is 0. The van der Waals surface area contributed by atoms with Gasteiger partial charge in [-0.05, 0) is 51.4 Å².